The molecule has 1 aromatic heterocycles. The number of hydrogen-bond donors (Lipinski definition) is 0. The van der Waals surface area contributed by atoms with Crippen molar-refractivity contribution in [1.29, 1.82) is 0 Å². The number of rotatable bonds is 2. The summed E-state index contributed by atoms with van der Waals surface area (Å²) in [7, 11) is 0. The highest BCUT2D eigenvalue weighted by molar-refractivity contribution is 5.50. The second kappa shape index (κ2) is 3.94. The molecule has 1 fully saturated rings. The van der Waals surface area contributed by atoms with Gasteiger partial charge in [-0.1, -0.05) is 18.2 Å². The zero-order chi connectivity index (χ0) is 10.8. The normalized spacial score (nSPS) is 14.6. The number of hydrogen-bond acceptors (Lipinski definition) is 2. The first kappa shape index (κ1) is 9.36. The lowest BCUT2D eigenvalue weighted by molar-refractivity contribution is 0.105. The summed E-state index contributed by atoms with van der Waals surface area (Å²) in [6.45, 7) is 1.50. The summed E-state index contributed by atoms with van der Waals surface area (Å²) in [6.07, 6.45) is 5.95. The lowest BCUT2D eigenvalue weighted by atomic mass is 10.2. The highest BCUT2D eigenvalue weighted by atomic mass is 16.5. The zero-order valence-corrected chi connectivity index (χ0v) is 8.84. The standard InChI is InChI=1S/C13H12N2O/c1-2-4-13(5-3-1)15-7-12(14-10-15)6-11-8-16-9-11/h1-7,10H,8-9H2. The van der Waals surface area contributed by atoms with Crippen LogP contribution in [-0.2, 0) is 4.74 Å². The molecule has 0 bridgehead atoms. The van der Waals surface area contributed by atoms with E-state index in [-0.39, 0.29) is 0 Å². The van der Waals surface area contributed by atoms with Gasteiger partial charge < -0.3 is 9.30 Å². The maximum absolute atomic E-state index is 5.10. The molecule has 1 aliphatic heterocycles. The molecule has 0 amide bonds. The summed E-state index contributed by atoms with van der Waals surface area (Å²) in [6, 6.07) is 10.2. The van der Waals surface area contributed by atoms with Gasteiger partial charge in [-0.15, -0.1) is 0 Å². The van der Waals surface area contributed by atoms with Gasteiger partial charge in [0.15, 0.2) is 0 Å². The molecule has 2 aromatic rings. The molecular weight excluding hydrogens is 200 g/mol. The van der Waals surface area contributed by atoms with Gasteiger partial charge in [-0.25, -0.2) is 4.98 Å². The number of para-hydroxylation sites is 1. The van der Waals surface area contributed by atoms with Crippen molar-refractivity contribution < 1.29 is 4.74 Å². The molecule has 0 spiro atoms. The molecule has 2 heterocycles. The Morgan fingerprint density at radius 1 is 1.19 bits per heavy atom. The van der Waals surface area contributed by atoms with Crippen LogP contribution in [-0.4, -0.2) is 22.8 Å². The third-order valence-corrected chi connectivity index (χ3v) is 2.58. The van der Waals surface area contributed by atoms with Crippen molar-refractivity contribution >= 4 is 6.08 Å². The number of aromatic nitrogens is 2. The minimum Gasteiger partial charge on any atom is -0.373 e. The highest BCUT2D eigenvalue weighted by Gasteiger charge is 2.09. The molecule has 3 heteroatoms. The maximum atomic E-state index is 5.10. The Morgan fingerprint density at radius 2 is 2.00 bits per heavy atom. The average molecular weight is 212 g/mol. The van der Waals surface area contributed by atoms with Crippen LogP contribution in [0.4, 0.5) is 0 Å². The van der Waals surface area contributed by atoms with Crippen molar-refractivity contribution in [3.63, 3.8) is 0 Å². The number of ether oxygens (including phenoxy) is 1. The van der Waals surface area contributed by atoms with Crippen molar-refractivity contribution in [1.82, 2.24) is 9.55 Å². The van der Waals surface area contributed by atoms with Crippen LogP contribution in [0, 0.1) is 0 Å². The van der Waals surface area contributed by atoms with E-state index >= 15 is 0 Å². The Balaban J connectivity index is 1.88. The Labute approximate surface area is 94.0 Å². The molecule has 0 atom stereocenters. The van der Waals surface area contributed by atoms with Crippen molar-refractivity contribution in [2.45, 2.75) is 0 Å². The molecule has 80 valence electrons. The number of benzene rings is 1. The van der Waals surface area contributed by atoms with E-state index in [2.05, 4.69) is 23.2 Å². The van der Waals surface area contributed by atoms with Crippen LogP contribution in [0.1, 0.15) is 5.69 Å². The van der Waals surface area contributed by atoms with Crippen LogP contribution in [0.25, 0.3) is 11.8 Å². The van der Waals surface area contributed by atoms with Crippen molar-refractivity contribution in [2.24, 2.45) is 0 Å². The fraction of sp³-hybridized carbons (Fsp3) is 0.154. The van der Waals surface area contributed by atoms with Gasteiger partial charge in [0.2, 0.25) is 0 Å². The van der Waals surface area contributed by atoms with Gasteiger partial charge in [-0.3, -0.25) is 0 Å². The molecule has 3 nitrogen and oxygen atoms in total. The molecule has 1 aliphatic rings. The summed E-state index contributed by atoms with van der Waals surface area (Å²) in [5, 5.41) is 0. The van der Waals surface area contributed by atoms with Gasteiger partial charge in [-0.05, 0) is 23.8 Å². The first-order valence-corrected chi connectivity index (χ1v) is 5.28. The van der Waals surface area contributed by atoms with E-state index < -0.39 is 0 Å². The van der Waals surface area contributed by atoms with Crippen LogP contribution < -0.4 is 0 Å². The van der Waals surface area contributed by atoms with E-state index in [0.717, 1.165) is 24.6 Å². The lowest BCUT2D eigenvalue weighted by Gasteiger charge is -2.16. The third kappa shape index (κ3) is 1.77. The van der Waals surface area contributed by atoms with Gasteiger partial charge in [0.25, 0.3) is 0 Å². The van der Waals surface area contributed by atoms with E-state index in [1.165, 1.54) is 5.57 Å². The maximum Gasteiger partial charge on any atom is 0.0999 e. The van der Waals surface area contributed by atoms with E-state index in [9.17, 15) is 0 Å². The van der Waals surface area contributed by atoms with E-state index in [1.807, 2.05) is 35.3 Å². The van der Waals surface area contributed by atoms with Crippen LogP contribution in [0.3, 0.4) is 0 Å². The monoisotopic (exact) mass is 212 g/mol. The smallest absolute Gasteiger partial charge is 0.0999 e. The second-order valence-corrected chi connectivity index (χ2v) is 3.84. The first-order valence-electron chi connectivity index (χ1n) is 5.28. The molecule has 16 heavy (non-hydrogen) atoms. The molecule has 1 aromatic carbocycles. The van der Waals surface area contributed by atoms with Gasteiger partial charge in [-0.2, -0.15) is 0 Å². The van der Waals surface area contributed by atoms with Gasteiger partial charge in [0, 0.05) is 11.9 Å². The zero-order valence-electron chi connectivity index (χ0n) is 8.84. The van der Waals surface area contributed by atoms with Crippen molar-refractivity contribution in [2.75, 3.05) is 13.2 Å². The second-order valence-electron chi connectivity index (χ2n) is 3.84. The average Bonchev–Trinajstić information content (AvgIpc) is 2.73. The first-order chi connectivity index (χ1) is 7.92. The molecular formula is C13H12N2O. The Morgan fingerprint density at radius 3 is 2.69 bits per heavy atom. The van der Waals surface area contributed by atoms with E-state index in [1.54, 1.807) is 0 Å². The minimum absolute atomic E-state index is 0.748. The number of nitrogens with zero attached hydrogens (tertiary/aromatic N) is 2. The van der Waals surface area contributed by atoms with Gasteiger partial charge in [0.05, 0.1) is 25.2 Å². The number of imidazole rings is 1. The predicted molar refractivity (Wildman–Crippen MR) is 62.4 cm³/mol. The van der Waals surface area contributed by atoms with Crippen molar-refractivity contribution in [3.05, 3.63) is 54.1 Å². The molecule has 1 saturated heterocycles. The topological polar surface area (TPSA) is 27.1 Å². The predicted octanol–water partition coefficient (Wildman–Crippen LogP) is 2.29. The van der Waals surface area contributed by atoms with Gasteiger partial charge in [0.1, 0.15) is 0 Å². The van der Waals surface area contributed by atoms with Crippen LogP contribution >= 0.6 is 0 Å². The van der Waals surface area contributed by atoms with Crippen molar-refractivity contribution in [3.8, 4) is 5.69 Å². The van der Waals surface area contributed by atoms with Crippen LogP contribution in [0.2, 0.25) is 0 Å². The lowest BCUT2D eigenvalue weighted by Crippen LogP contribution is -2.15. The highest BCUT2D eigenvalue weighted by Crippen LogP contribution is 2.14. The quantitative estimate of drug-likeness (QED) is 0.763. The van der Waals surface area contributed by atoms with E-state index in [4.69, 9.17) is 4.74 Å². The molecule has 0 unspecified atom stereocenters. The fourth-order valence-electron chi connectivity index (χ4n) is 1.67. The molecule has 0 aliphatic carbocycles. The SMILES string of the molecule is C(=C1COC1)c1cn(-c2ccccc2)cn1. The summed E-state index contributed by atoms with van der Waals surface area (Å²) in [4.78, 5) is 4.35. The van der Waals surface area contributed by atoms with Crippen LogP contribution in [0.5, 0.6) is 0 Å². The summed E-state index contributed by atoms with van der Waals surface area (Å²) < 4.78 is 7.12. The fourth-order valence-corrected chi connectivity index (χ4v) is 1.67. The largest absolute Gasteiger partial charge is 0.373 e. The van der Waals surface area contributed by atoms with Crippen LogP contribution in [0.15, 0.2) is 48.4 Å². The summed E-state index contributed by atoms with van der Waals surface area (Å²) in [5.41, 5.74) is 3.42. The van der Waals surface area contributed by atoms with E-state index in [0.29, 0.717) is 0 Å². The molecule has 0 radical (unpaired) electrons. The Kier molecular flexibility index (Phi) is 2.31. The third-order valence-electron chi connectivity index (χ3n) is 2.58. The molecule has 0 N–H and O–H groups in total. The minimum atomic E-state index is 0.748. The molecule has 0 saturated carbocycles. The Bertz CT molecular complexity index is 508. The summed E-state index contributed by atoms with van der Waals surface area (Å²) >= 11 is 0. The summed E-state index contributed by atoms with van der Waals surface area (Å²) in [5.74, 6) is 0. The molecule has 3 rings (SSSR count). The van der Waals surface area contributed by atoms with Gasteiger partial charge >= 0.3 is 0 Å². The Hall–Kier alpha value is -1.87.